The second kappa shape index (κ2) is 10.5. The highest BCUT2D eigenvalue weighted by molar-refractivity contribution is 6.30. The van der Waals surface area contributed by atoms with E-state index in [0.29, 0.717) is 34.3 Å². The summed E-state index contributed by atoms with van der Waals surface area (Å²) >= 11 is 5.89. The van der Waals surface area contributed by atoms with Crippen LogP contribution in [0, 0.1) is 0 Å². The molecule has 0 fully saturated rings. The Morgan fingerprint density at radius 2 is 1.97 bits per heavy atom. The Bertz CT molecular complexity index is 899. The van der Waals surface area contributed by atoms with Crippen molar-refractivity contribution < 1.29 is 19.1 Å². The zero-order valence-electron chi connectivity index (χ0n) is 16.8. The molecule has 0 saturated carbocycles. The molecule has 0 saturated heterocycles. The number of nitrogens with zero attached hydrogens (tertiary/aromatic N) is 2. The SMILES string of the molecule is CCOc1cc(/C=N\NC(=O)c2cccc(Cl)c2)ccc1O[C@H](C)C(=O)N(C)C. The number of amides is 2. The molecule has 0 spiro atoms. The fraction of sp³-hybridized carbons (Fsp3) is 0.286. The number of ether oxygens (including phenoxy) is 2. The maximum Gasteiger partial charge on any atom is 0.271 e. The number of carbonyl (C=O) groups is 2. The summed E-state index contributed by atoms with van der Waals surface area (Å²) in [4.78, 5) is 25.6. The van der Waals surface area contributed by atoms with Crippen molar-refractivity contribution >= 4 is 29.6 Å². The normalized spacial score (nSPS) is 11.8. The predicted octanol–water partition coefficient (Wildman–Crippen LogP) is 3.36. The van der Waals surface area contributed by atoms with Crippen LogP contribution in [0.3, 0.4) is 0 Å². The van der Waals surface area contributed by atoms with Crippen LogP contribution in [0.4, 0.5) is 0 Å². The van der Waals surface area contributed by atoms with Gasteiger partial charge in [-0.1, -0.05) is 17.7 Å². The molecule has 2 aromatic rings. The number of rotatable bonds is 8. The minimum absolute atomic E-state index is 0.151. The summed E-state index contributed by atoms with van der Waals surface area (Å²) in [6.45, 7) is 3.96. The number of nitrogens with one attached hydrogen (secondary N) is 1. The first kappa shape index (κ1) is 22.2. The summed E-state index contributed by atoms with van der Waals surface area (Å²) in [6, 6.07) is 11.8. The van der Waals surface area contributed by atoms with Crippen molar-refractivity contribution in [2.45, 2.75) is 20.0 Å². The van der Waals surface area contributed by atoms with Crippen LogP contribution in [0.1, 0.15) is 29.8 Å². The van der Waals surface area contributed by atoms with Gasteiger partial charge in [-0.3, -0.25) is 9.59 Å². The van der Waals surface area contributed by atoms with Crippen molar-refractivity contribution in [3.05, 3.63) is 58.6 Å². The van der Waals surface area contributed by atoms with E-state index in [0.717, 1.165) is 0 Å². The summed E-state index contributed by atoms with van der Waals surface area (Å²) in [6.07, 6.45) is 0.837. The molecule has 0 aliphatic rings. The van der Waals surface area contributed by atoms with Crippen molar-refractivity contribution in [1.82, 2.24) is 10.3 Å². The van der Waals surface area contributed by atoms with Crippen LogP contribution in [0.5, 0.6) is 11.5 Å². The molecular formula is C21H24ClN3O4. The van der Waals surface area contributed by atoms with Crippen LogP contribution < -0.4 is 14.9 Å². The molecule has 2 amide bonds. The highest BCUT2D eigenvalue weighted by Crippen LogP contribution is 2.29. The van der Waals surface area contributed by atoms with Crippen molar-refractivity contribution in [3.8, 4) is 11.5 Å². The standard InChI is InChI=1S/C21H24ClN3O4/c1-5-28-19-11-15(9-10-18(19)29-14(2)21(27)25(3)4)13-23-24-20(26)16-7-6-8-17(22)12-16/h6-14H,5H2,1-4H3,(H,24,26)/b23-13-/t14-/m1/s1. The van der Waals surface area contributed by atoms with E-state index in [1.54, 1.807) is 63.5 Å². The van der Waals surface area contributed by atoms with E-state index in [9.17, 15) is 9.59 Å². The lowest BCUT2D eigenvalue weighted by Crippen LogP contribution is -2.35. The van der Waals surface area contributed by atoms with Crippen molar-refractivity contribution in [2.75, 3.05) is 20.7 Å². The Hall–Kier alpha value is -3.06. The van der Waals surface area contributed by atoms with E-state index in [2.05, 4.69) is 10.5 Å². The highest BCUT2D eigenvalue weighted by atomic mass is 35.5. The first-order chi connectivity index (χ1) is 13.8. The van der Waals surface area contributed by atoms with Gasteiger partial charge in [-0.2, -0.15) is 5.10 Å². The van der Waals surface area contributed by atoms with Gasteiger partial charge in [0.1, 0.15) is 0 Å². The molecular weight excluding hydrogens is 394 g/mol. The first-order valence-electron chi connectivity index (χ1n) is 9.05. The van der Waals surface area contributed by atoms with Crippen molar-refractivity contribution in [3.63, 3.8) is 0 Å². The second-order valence-electron chi connectivity index (χ2n) is 6.34. The van der Waals surface area contributed by atoms with E-state index in [1.165, 1.54) is 11.1 Å². The number of likely N-dealkylation sites (N-methyl/N-ethyl adjacent to an activating group) is 1. The van der Waals surface area contributed by atoms with Gasteiger partial charge in [0, 0.05) is 24.7 Å². The zero-order valence-corrected chi connectivity index (χ0v) is 17.6. The molecule has 154 valence electrons. The Morgan fingerprint density at radius 1 is 1.21 bits per heavy atom. The number of hydrogen-bond donors (Lipinski definition) is 1. The molecule has 0 bridgehead atoms. The number of halogens is 1. The molecule has 0 aliphatic carbocycles. The summed E-state index contributed by atoms with van der Waals surface area (Å²) in [5.41, 5.74) is 3.55. The van der Waals surface area contributed by atoms with Gasteiger partial charge in [0.25, 0.3) is 11.8 Å². The van der Waals surface area contributed by atoms with Gasteiger partial charge in [0.2, 0.25) is 0 Å². The van der Waals surface area contributed by atoms with E-state index < -0.39 is 6.10 Å². The van der Waals surface area contributed by atoms with Gasteiger partial charge >= 0.3 is 0 Å². The smallest absolute Gasteiger partial charge is 0.271 e. The minimum atomic E-state index is -0.652. The number of hydrazone groups is 1. The van der Waals surface area contributed by atoms with Crippen LogP contribution in [0.15, 0.2) is 47.6 Å². The number of benzene rings is 2. The van der Waals surface area contributed by atoms with Crippen LogP contribution >= 0.6 is 11.6 Å². The van der Waals surface area contributed by atoms with Crippen molar-refractivity contribution in [1.29, 1.82) is 0 Å². The minimum Gasteiger partial charge on any atom is -0.490 e. The molecule has 0 aliphatic heterocycles. The van der Waals surface area contributed by atoms with Gasteiger partial charge in [-0.15, -0.1) is 0 Å². The molecule has 0 heterocycles. The van der Waals surface area contributed by atoms with Gasteiger partial charge in [0.15, 0.2) is 17.6 Å². The zero-order chi connectivity index (χ0) is 21.4. The molecule has 7 nitrogen and oxygen atoms in total. The molecule has 1 atom stereocenters. The third-order valence-corrected chi connectivity index (χ3v) is 4.06. The highest BCUT2D eigenvalue weighted by Gasteiger charge is 2.18. The third kappa shape index (κ3) is 6.50. The Balaban J connectivity index is 2.09. The molecule has 2 rings (SSSR count). The monoisotopic (exact) mass is 417 g/mol. The summed E-state index contributed by atoms with van der Waals surface area (Å²) in [5, 5.41) is 4.44. The van der Waals surface area contributed by atoms with Gasteiger partial charge < -0.3 is 14.4 Å². The van der Waals surface area contributed by atoms with Crippen LogP contribution in [-0.2, 0) is 4.79 Å². The fourth-order valence-corrected chi connectivity index (χ4v) is 2.63. The first-order valence-corrected chi connectivity index (χ1v) is 9.43. The molecule has 2 aromatic carbocycles. The Labute approximate surface area is 175 Å². The molecule has 1 N–H and O–H groups in total. The average molecular weight is 418 g/mol. The van der Waals surface area contributed by atoms with E-state index in [4.69, 9.17) is 21.1 Å². The average Bonchev–Trinajstić information content (AvgIpc) is 2.69. The van der Waals surface area contributed by atoms with Gasteiger partial charge in [0.05, 0.1) is 12.8 Å². The van der Waals surface area contributed by atoms with Crippen LogP contribution in [0.25, 0.3) is 0 Å². The maximum atomic E-state index is 12.1. The largest absolute Gasteiger partial charge is 0.490 e. The number of hydrogen-bond acceptors (Lipinski definition) is 5. The van der Waals surface area contributed by atoms with E-state index in [1.807, 2.05) is 6.92 Å². The number of carbonyl (C=O) groups excluding carboxylic acids is 2. The third-order valence-electron chi connectivity index (χ3n) is 3.83. The molecule has 0 unspecified atom stereocenters. The van der Waals surface area contributed by atoms with Crippen LogP contribution in [-0.4, -0.2) is 49.7 Å². The lowest BCUT2D eigenvalue weighted by molar-refractivity contribution is -0.135. The summed E-state index contributed by atoms with van der Waals surface area (Å²) in [5.74, 6) is 0.414. The fourth-order valence-electron chi connectivity index (χ4n) is 2.43. The lowest BCUT2D eigenvalue weighted by Gasteiger charge is -2.20. The Kier molecular flexibility index (Phi) is 8.03. The molecule has 0 radical (unpaired) electrons. The molecule has 29 heavy (non-hydrogen) atoms. The summed E-state index contributed by atoms with van der Waals surface area (Å²) in [7, 11) is 3.34. The maximum absolute atomic E-state index is 12.1. The molecule has 8 heteroatoms. The van der Waals surface area contributed by atoms with E-state index >= 15 is 0 Å². The predicted molar refractivity (Wildman–Crippen MR) is 113 cm³/mol. The molecule has 0 aromatic heterocycles. The van der Waals surface area contributed by atoms with Gasteiger partial charge in [-0.05, 0) is 55.8 Å². The quantitative estimate of drug-likeness (QED) is 0.527. The topological polar surface area (TPSA) is 80.2 Å². The lowest BCUT2D eigenvalue weighted by atomic mass is 10.2. The van der Waals surface area contributed by atoms with Gasteiger partial charge in [-0.25, -0.2) is 5.43 Å². The summed E-state index contributed by atoms with van der Waals surface area (Å²) < 4.78 is 11.4. The van der Waals surface area contributed by atoms with E-state index in [-0.39, 0.29) is 11.8 Å². The second-order valence-corrected chi connectivity index (χ2v) is 6.78. The Morgan fingerprint density at radius 3 is 2.62 bits per heavy atom. The van der Waals surface area contributed by atoms with Crippen LogP contribution in [0.2, 0.25) is 5.02 Å². The van der Waals surface area contributed by atoms with Crippen molar-refractivity contribution in [2.24, 2.45) is 5.10 Å².